The smallest absolute Gasteiger partial charge is 0.507 e. The van der Waals surface area contributed by atoms with E-state index in [0.29, 0.717) is 5.56 Å². The van der Waals surface area contributed by atoms with E-state index in [1.807, 2.05) is 0 Å². The Hall–Kier alpha value is -5.48. The summed E-state index contributed by atoms with van der Waals surface area (Å²) in [6, 6.07) is 9.54. The van der Waals surface area contributed by atoms with Gasteiger partial charge in [-0.25, -0.2) is 0 Å². The van der Waals surface area contributed by atoms with E-state index in [-0.39, 0.29) is 45.6 Å². The molecule has 5 rings (SSSR count). The van der Waals surface area contributed by atoms with Crippen molar-refractivity contribution in [2.24, 2.45) is 0 Å². The predicted molar refractivity (Wildman–Crippen MR) is 158 cm³/mol. The van der Waals surface area contributed by atoms with Crippen LogP contribution < -0.4 is 14.9 Å². The van der Waals surface area contributed by atoms with E-state index in [1.54, 1.807) is 0 Å². The van der Waals surface area contributed by atoms with Gasteiger partial charge in [-0.2, -0.15) is 0 Å². The quantitative estimate of drug-likeness (QED) is 0.0586. The van der Waals surface area contributed by atoms with Gasteiger partial charge in [0.2, 0.25) is 18.6 Å². The van der Waals surface area contributed by atoms with Crippen molar-refractivity contribution < 1.29 is 69.0 Å². The van der Waals surface area contributed by atoms with Crippen molar-refractivity contribution in [1.82, 2.24) is 0 Å². The van der Waals surface area contributed by atoms with Gasteiger partial charge in [0, 0.05) is 17.7 Å². The van der Waals surface area contributed by atoms with Crippen molar-refractivity contribution in [3.8, 4) is 62.9 Å². The minimum atomic E-state index is -1.85. The lowest BCUT2D eigenvalue weighted by molar-refractivity contribution is -0.276. The number of phenolic OH excluding ortho intramolecular Hbond substituents is 5. The summed E-state index contributed by atoms with van der Waals surface area (Å²) in [6.45, 7) is -0.549. The van der Waals surface area contributed by atoms with E-state index in [1.165, 1.54) is 43.5 Å². The monoisotopic (exact) mass is 641 g/mol. The number of aliphatic hydroxyl groups is 3. The van der Waals surface area contributed by atoms with E-state index in [4.69, 9.17) is 23.4 Å². The first-order valence-corrected chi connectivity index (χ1v) is 13.5. The Kier molecular flexibility index (Phi) is 8.93. The molecule has 0 saturated carbocycles. The number of hydrogen-bond donors (Lipinski definition) is 8. The van der Waals surface area contributed by atoms with Crippen LogP contribution in [0.5, 0.6) is 40.2 Å². The number of aliphatic hydroxyl groups excluding tert-OH is 3. The number of methoxy groups -OCH3 is 1. The SMILES string of the molecule is COc1cc(-c2oc3cc(=O)cc(O)c-3cc2O[C@@H]2O[C@H](COC(=[OH+])C=Cc3ccc(O)c(O)c3)[C@@H](O)[C@H](O)[C@H]2O)cc(O)c1O. The first kappa shape index (κ1) is 31.9. The molecular weight excluding hydrogens is 612 g/mol. The fraction of sp³-hybridized carbons (Fsp3) is 0.226. The summed E-state index contributed by atoms with van der Waals surface area (Å²) in [5, 5.41) is 81.6. The zero-order valence-electron chi connectivity index (χ0n) is 23.8. The molecule has 9 N–H and O–H groups in total. The molecule has 2 heterocycles. The molecule has 15 heteroatoms. The minimum absolute atomic E-state index is 0.00679. The fourth-order valence-electron chi connectivity index (χ4n) is 4.65. The van der Waals surface area contributed by atoms with Crippen molar-refractivity contribution >= 4 is 12.0 Å². The van der Waals surface area contributed by atoms with Crippen LogP contribution in [0.2, 0.25) is 0 Å². The number of carbonyl (C=O) groups excluding carboxylic acids is 1. The lowest BCUT2D eigenvalue weighted by atomic mass is 9.99. The van der Waals surface area contributed by atoms with Gasteiger partial charge < -0.3 is 69.0 Å². The summed E-state index contributed by atoms with van der Waals surface area (Å²) in [5.41, 5.74) is -0.118. The standard InChI is InChI=1S/C31H28O15/c1-42-22-8-14(7-20(36)26(22)38)30-23(11-16-18(34)9-15(32)10-21(16)44-30)45-31-29(41)28(40)27(39)24(46-31)12-43-25(37)5-3-13-2-4-17(33)19(35)6-13/h2-11,24,27-29,31,33-36,38-41H,12H2,1H3/p+1/t24-,27-,28+,29-,31-/m1/s1. The lowest BCUT2D eigenvalue weighted by Gasteiger charge is -2.39. The Morgan fingerprint density at radius 3 is 2.35 bits per heavy atom. The third-order valence-electron chi connectivity index (χ3n) is 7.07. The van der Waals surface area contributed by atoms with Crippen LogP contribution in [0.25, 0.3) is 28.7 Å². The molecule has 2 aromatic carbocycles. The van der Waals surface area contributed by atoms with E-state index < -0.39 is 66.0 Å². The van der Waals surface area contributed by atoms with Crippen molar-refractivity contribution in [2.75, 3.05) is 13.7 Å². The molecule has 2 aromatic rings. The van der Waals surface area contributed by atoms with Gasteiger partial charge in [0.1, 0.15) is 29.8 Å². The number of ether oxygens (including phenoxy) is 4. The maximum absolute atomic E-state index is 12.0. The van der Waals surface area contributed by atoms with Crippen molar-refractivity contribution in [1.29, 1.82) is 0 Å². The Labute approximate surface area is 258 Å². The normalized spacial score (nSPS) is 21.3. The largest absolute Gasteiger partial charge is 0.510 e. The van der Waals surface area contributed by atoms with Crippen LogP contribution in [0.1, 0.15) is 5.56 Å². The highest BCUT2D eigenvalue weighted by Gasteiger charge is 2.47. The predicted octanol–water partition coefficient (Wildman–Crippen LogP) is 1.37. The van der Waals surface area contributed by atoms with Crippen LogP contribution in [-0.4, -0.2) is 96.0 Å². The molecule has 1 fully saturated rings. The molecule has 3 aliphatic rings. The maximum atomic E-state index is 12.0. The minimum Gasteiger partial charge on any atom is -0.507 e. The molecular formula is C31H29O15+. The van der Waals surface area contributed by atoms with Gasteiger partial charge in [0.05, 0.1) is 18.7 Å². The zero-order valence-corrected chi connectivity index (χ0v) is 23.8. The maximum Gasteiger partial charge on any atom is 0.510 e. The molecule has 5 atom stereocenters. The van der Waals surface area contributed by atoms with Crippen molar-refractivity contribution in [3.05, 3.63) is 70.4 Å². The van der Waals surface area contributed by atoms with Crippen LogP contribution in [0.3, 0.4) is 0 Å². The van der Waals surface area contributed by atoms with Gasteiger partial charge in [0.25, 0.3) is 0 Å². The van der Waals surface area contributed by atoms with Gasteiger partial charge in [-0.3, -0.25) is 4.79 Å². The molecule has 0 aromatic heterocycles. The van der Waals surface area contributed by atoms with Crippen molar-refractivity contribution in [3.63, 3.8) is 0 Å². The van der Waals surface area contributed by atoms with Crippen LogP contribution in [0, 0.1) is 0 Å². The highest BCUT2D eigenvalue weighted by molar-refractivity contribution is 5.88. The molecule has 15 nitrogen and oxygen atoms in total. The van der Waals surface area contributed by atoms with Crippen LogP contribution in [0.15, 0.2) is 63.8 Å². The van der Waals surface area contributed by atoms with Gasteiger partial charge in [-0.05, 0) is 42.0 Å². The summed E-state index contributed by atoms with van der Waals surface area (Å²) in [6.07, 6.45) is -6.03. The van der Waals surface area contributed by atoms with Gasteiger partial charge in [0.15, 0.2) is 46.0 Å². The summed E-state index contributed by atoms with van der Waals surface area (Å²) < 4.78 is 27.7. The van der Waals surface area contributed by atoms with Crippen LogP contribution >= 0.6 is 0 Å². The Balaban J connectivity index is 1.42. The molecule has 0 radical (unpaired) electrons. The summed E-state index contributed by atoms with van der Waals surface area (Å²) >= 11 is 0. The number of hydrogen-bond acceptors (Lipinski definition) is 14. The fourth-order valence-corrected chi connectivity index (χ4v) is 4.65. The average molecular weight is 642 g/mol. The Bertz CT molecular complexity index is 1810. The second-order valence-corrected chi connectivity index (χ2v) is 10.2. The summed E-state index contributed by atoms with van der Waals surface area (Å²) in [7, 11) is 1.24. The molecule has 242 valence electrons. The third kappa shape index (κ3) is 6.47. The number of benzene rings is 3. The first-order chi connectivity index (χ1) is 21.9. The molecule has 1 aliphatic carbocycles. The highest BCUT2D eigenvalue weighted by Crippen LogP contribution is 2.45. The Morgan fingerprint density at radius 2 is 1.63 bits per heavy atom. The molecule has 0 bridgehead atoms. The van der Waals surface area contributed by atoms with E-state index in [0.717, 1.165) is 24.3 Å². The molecule has 46 heavy (non-hydrogen) atoms. The van der Waals surface area contributed by atoms with Crippen LogP contribution in [0.4, 0.5) is 0 Å². The molecule has 0 unspecified atom stereocenters. The van der Waals surface area contributed by atoms with Gasteiger partial charge in [-0.1, -0.05) is 6.07 Å². The van der Waals surface area contributed by atoms with E-state index in [9.17, 15) is 50.4 Å². The second kappa shape index (κ2) is 12.9. The second-order valence-electron chi connectivity index (χ2n) is 10.2. The van der Waals surface area contributed by atoms with Gasteiger partial charge >= 0.3 is 5.97 Å². The highest BCUT2D eigenvalue weighted by atomic mass is 16.7. The summed E-state index contributed by atoms with van der Waals surface area (Å²) in [4.78, 5) is 22.2. The van der Waals surface area contributed by atoms with Gasteiger partial charge in [-0.15, -0.1) is 0 Å². The molecule has 0 spiro atoms. The number of esters is 1. The third-order valence-corrected chi connectivity index (χ3v) is 7.07. The first-order valence-electron chi connectivity index (χ1n) is 13.5. The number of aromatic hydroxyl groups is 5. The topological polar surface area (TPSA) is 250 Å². The van der Waals surface area contributed by atoms with E-state index >= 15 is 0 Å². The Morgan fingerprint density at radius 1 is 0.870 bits per heavy atom. The van der Waals surface area contributed by atoms with E-state index in [2.05, 4.69) is 0 Å². The average Bonchev–Trinajstić information content (AvgIpc) is 3.02. The van der Waals surface area contributed by atoms with Crippen LogP contribution in [-0.2, 0) is 9.47 Å². The number of fused-ring (bicyclic) bond motifs is 1. The van der Waals surface area contributed by atoms with Crippen molar-refractivity contribution in [2.45, 2.75) is 30.7 Å². The molecule has 1 saturated heterocycles. The zero-order chi connectivity index (χ0) is 33.3. The molecule has 0 amide bonds. The lowest BCUT2D eigenvalue weighted by Crippen LogP contribution is -2.60. The number of phenols is 5. The number of rotatable bonds is 8. The molecule has 2 aliphatic heterocycles. The summed E-state index contributed by atoms with van der Waals surface area (Å²) in [5.74, 6) is -3.68.